The number of anilines is 1. The standard InChI is InChI=1S/C16H18N4O3S2/c1-20(2)25(22,23)15-8-4-6-13(10-15)18-16(24)19-17-11-12-5-3-7-14(21)9-12/h3-11,21H,1-2H3,(H2,18,19,24). The molecule has 2 aromatic carbocycles. The van der Waals surface area contributed by atoms with E-state index in [1.54, 1.807) is 36.4 Å². The second kappa shape index (κ2) is 8.06. The molecule has 0 amide bonds. The number of aromatic hydroxyl groups is 1. The van der Waals surface area contributed by atoms with E-state index in [0.29, 0.717) is 11.3 Å². The number of benzene rings is 2. The SMILES string of the molecule is CN(C)S(=O)(=O)c1cccc(NC(=S)NN=Cc2cccc(O)c2)c1. The number of hydrogen-bond donors (Lipinski definition) is 3. The largest absolute Gasteiger partial charge is 0.508 e. The Bertz CT molecular complexity index is 896. The number of nitrogens with zero attached hydrogens (tertiary/aromatic N) is 2. The van der Waals surface area contributed by atoms with Crippen molar-refractivity contribution in [2.45, 2.75) is 4.90 Å². The monoisotopic (exact) mass is 378 g/mol. The van der Waals surface area contributed by atoms with Crippen LogP contribution >= 0.6 is 12.2 Å². The molecule has 0 saturated carbocycles. The highest BCUT2D eigenvalue weighted by Crippen LogP contribution is 2.17. The Morgan fingerprint density at radius 1 is 1.20 bits per heavy atom. The van der Waals surface area contributed by atoms with Crippen LogP contribution in [0.1, 0.15) is 5.56 Å². The van der Waals surface area contributed by atoms with Crippen LogP contribution in [0.25, 0.3) is 0 Å². The van der Waals surface area contributed by atoms with Gasteiger partial charge in [-0.1, -0.05) is 18.2 Å². The predicted octanol–water partition coefficient (Wildman–Crippen LogP) is 1.96. The van der Waals surface area contributed by atoms with E-state index in [9.17, 15) is 13.5 Å². The molecule has 0 radical (unpaired) electrons. The summed E-state index contributed by atoms with van der Waals surface area (Å²) in [7, 11) is -0.576. The Labute approximate surface area is 152 Å². The van der Waals surface area contributed by atoms with Gasteiger partial charge in [-0.15, -0.1) is 0 Å². The number of hydrazone groups is 1. The normalized spacial score (nSPS) is 11.6. The van der Waals surface area contributed by atoms with Crippen molar-refractivity contribution >= 4 is 39.3 Å². The van der Waals surface area contributed by atoms with Crippen LogP contribution in [0.2, 0.25) is 0 Å². The van der Waals surface area contributed by atoms with Crippen LogP contribution in [0.3, 0.4) is 0 Å². The molecule has 0 aliphatic rings. The molecule has 0 aromatic heterocycles. The molecule has 9 heteroatoms. The lowest BCUT2D eigenvalue weighted by molar-refractivity contribution is 0.475. The third-order valence-electron chi connectivity index (χ3n) is 3.12. The zero-order chi connectivity index (χ0) is 18.4. The van der Waals surface area contributed by atoms with Crippen molar-refractivity contribution in [3.05, 3.63) is 54.1 Å². The van der Waals surface area contributed by atoms with Crippen molar-refractivity contribution in [1.82, 2.24) is 9.73 Å². The van der Waals surface area contributed by atoms with Crippen LogP contribution in [0.15, 0.2) is 58.5 Å². The van der Waals surface area contributed by atoms with Crippen molar-refractivity contribution in [2.24, 2.45) is 5.10 Å². The van der Waals surface area contributed by atoms with Crippen molar-refractivity contribution in [3.8, 4) is 5.75 Å². The molecule has 0 bridgehead atoms. The van der Waals surface area contributed by atoms with Crippen LogP contribution in [0.4, 0.5) is 5.69 Å². The summed E-state index contributed by atoms with van der Waals surface area (Å²) >= 11 is 5.12. The van der Waals surface area contributed by atoms with Gasteiger partial charge in [0.15, 0.2) is 5.11 Å². The van der Waals surface area contributed by atoms with Crippen molar-refractivity contribution in [1.29, 1.82) is 0 Å². The van der Waals surface area contributed by atoms with Crippen molar-refractivity contribution in [2.75, 3.05) is 19.4 Å². The third kappa shape index (κ3) is 5.24. The number of nitrogens with one attached hydrogen (secondary N) is 2. The highest BCUT2D eigenvalue weighted by Gasteiger charge is 2.17. The van der Waals surface area contributed by atoms with E-state index in [-0.39, 0.29) is 15.8 Å². The summed E-state index contributed by atoms with van der Waals surface area (Å²) in [5, 5.41) is 16.4. The Morgan fingerprint density at radius 2 is 1.92 bits per heavy atom. The van der Waals surface area contributed by atoms with Crippen LogP contribution in [0, 0.1) is 0 Å². The molecular formula is C16H18N4O3S2. The summed E-state index contributed by atoms with van der Waals surface area (Å²) in [5.41, 5.74) is 3.85. The topological polar surface area (TPSA) is 94.0 Å². The van der Waals surface area contributed by atoms with E-state index < -0.39 is 10.0 Å². The first-order valence-electron chi connectivity index (χ1n) is 7.21. The van der Waals surface area contributed by atoms with Gasteiger partial charge >= 0.3 is 0 Å². The van der Waals surface area contributed by atoms with Gasteiger partial charge in [-0.3, -0.25) is 5.43 Å². The number of phenols is 1. The van der Waals surface area contributed by atoms with Gasteiger partial charge < -0.3 is 10.4 Å². The average molecular weight is 378 g/mol. The maximum absolute atomic E-state index is 12.1. The van der Waals surface area contributed by atoms with Gasteiger partial charge in [-0.05, 0) is 48.1 Å². The summed E-state index contributed by atoms with van der Waals surface area (Å²) in [5.74, 6) is 0.142. The lowest BCUT2D eigenvalue weighted by Crippen LogP contribution is -2.25. The molecule has 0 aliphatic carbocycles. The van der Waals surface area contributed by atoms with Gasteiger partial charge in [0, 0.05) is 19.8 Å². The van der Waals surface area contributed by atoms with E-state index in [1.807, 2.05) is 0 Å². The number of phenolic OH excluding ortho intramolecular Hbond substituents is 1. The predicted molar refractivity (Wildman–Crippen MR) is 102 cm³/mol. The molecule has 0 heterocycles. The van der Waals surface area contributed by atoms with E-state index in [2.05, 4.69) is 15.8 Å². The Morgan fingerprint density at radius 3 is 2.60 bits per heavy atom. The highest BCUT2D eigenvalue weighted by atomic mass is 32.2. The fourth-order valence-electron chi connectivity index (χ4n) is 1.87. The van der Waals surface area contributed by atoms with E-state index in [0.717, 1.165) is 4.31 Å². The van der Waals surface area contributed by atoms with Gasteiger partial charge in [-0.2, -0.15) is 5.10 Å². The first kappa shape index (κ1) is 18.8. The number of rotatable bonds is 5. The van der Waals surface area contributed by atoms with Crippen LogP contribution < -0.4 is 10.7 Å². The van der Waals surface area contributed by atoms with Crippen molar-refractivity contribution in [3.63, 3.8) is 0 Å². The van der Waals surface area contributed by atoms with E-state index >= 15 is 0 Å². The Balaban J connectivity index is 2.01. The fourth-order valence-corrected chi connectivity index (χ4v) is 2.99. The quantitative estimate of drug-likeness (QED) is 0.418. The lowest BCUT2D eigenvalue weighted by Gasteiger charge is -2.13. The second-order valence-corrected chi connectivity index (χ2v) is 7.79. The minimum atomic E-state index is -3.52. The molecule has 25 heavy (non-hydrogen) atoms. The minimum Gasteiger partial charge on any atom is -0.508 e. The summed E-state index contributed by atoms with van der Waals surface area (Å²) in [4.78, 5) is 0.161. The van der Waals surface area contributed by atoms with Crippen LogP contribution in [-0.2, 0) is 10.0 Å². The molecular weight excluding hydrogens is 360 g/mol. The van der Waals surface area contributed by atoms with Gasteiger partial charge in [0.05, 0.1) is 11.1 Å². The summed E-state index contributed by atoms with van der Waals surface area (Å²) in [6.07, 6.45) is 1.50. The van der Waals surface area contributed by atoms with Gasteiger partial charge in [0.2, 0.25) is 10.0 Å². The molecule has 0 aliphatic heterocycles. The molecule has 0 atom stereocenters. The lowest BCUT2D eigenvalue weighted by atomic mass is 10.2. The molecule has 0 spiro atoms. The number of sulfonamides is 1. The van der Waals surface area contributed by atoms with Crippen LogP contribution in [0.5, 0.6) is 5.75 Å². The van der Waals surface area contributed by atoms with Gasteiger partial charge in [0.1, 0.15) is 5.75 Å². The zero-order valence-electron chi connectivity index (χ0n) is 13.7. The summed E-state index contributed by atoms with van der Waals surface area (Å²) in [6.45, 7) is 0. The molecule has 2 aromatic rings. The highest BCUT2D eigenvalue weighted by molar-refractivity contribution is 7.89. The maximum Gasteiger partial charge on any atom is 0.242 e. The smallest absolute Gasteiger partial charge is 0.242 e. The Hall–Kier alpha value is -2.49. The second-order valence-electron chi connectivity index (χ2n) is 5.23. The number of hydrogen-bond acceptors (Lipinski definition) is 5. The van der Waals surface area contributed by atoms with E-state index in [1.165, 1.54) is 32.4 Å². The molecule has 0 saturated heterocycles. The molecule has 2 rings (SSSR count). The molecule has 3 N–H and O–H groups in total. The zero-order valence-corrected chi connectivity index (χ0v) is 15.3. The van der Waals surface area contributed by atoms with E-state index in [4.69, 9.17) is 12.2 Å². The van der Waals surface area contributed by atoms with Crippen LogP contribution in [-0.4, -0.2) is 43.3 Å². The van der Waals surface area contributed by atoms with Gasteiger partial charge in [0.25, 0.3) is 0 Å². The average Bonchev–Trinajstić information content (AvgIpc) is 2.55. The summed E-state index contributed by atoms with van der Waals surface area (Å²) in [6, 6.07) is 12.9. The maximum atomic E-state index is 12.1. The summed E-state index contributed by atoms with van der Waals surface area (Å²) < 4.78 is 25.4. The first-order valence-corrected chi connectivity index (χ1v) is 9.05. The molecule has 132 valence electrons. The molecule has 0 fully saturated rings. The molecule has 7 nitrogen and oxygen atoms in total. The van der Waals surface area contributed by atoms with Gasteiger partial charge in [-0.25, -0.2) is 12.7 Å². The van der Waals surface area contributed by atoms with Crippen molar-refractivity contribution < 1.29 is 13.5 Å². The Kier molecular flexibility index (Phi) is 6.07. The number of thiocarbonyl (C=S) groups is 1. The minimum absolute atomic E-state index is 0.142. The first-order chi connectivity index (χ1) is 11.8. The third-order valence-corrected chi connectivity index (χ3v) is 5.12. The fraction of sp³-hybridized carbons (Fsp3) is 0.125. The molecule has 0 unspecified atom stereocenters.